The fourth-order valence-electron chi connectivity index (χ4n) is 3.45. The Hall–Kier alpha value is -2.90. The molecule has 0 aromatic heterocycles. The third-order valence-corrected chi connectivity index (χ3v) is 5.72. The lowest BCUT2D eigenvalue weighted by molar-refractivity contribution is -0.150. The molecule has 0 bridgehead atoms. The number of nitrogens with one attached hydrogen (secondary N) is 2. The van der Waals surface area contributed by atoms with Crippen LogP contribution in [0.3, 0.4) is 0 Å². The second kappa shape index (κ2) is 8.23. The van der Waals surface area contributed by atoms with Crippen LogP contribution >= 0.6 is 0 Å². The van der Waals surface area contributed by atoms with E-state index in [-0.39, 0.29) is 5.92 Å². The van der Waals surface area contributed by atoms with Gasteiger partial charge in [-0.15, -0.1) is 0 Å². The molecule has 2 atom stereocenters. The van der Waals surface area contributed by atoms with Gasteiger partial charge in [0, 0.05) is 5.69 Å². The molecule has 1 saturated carbocycles. The van der Waals surface area contributed by atoms with E-state index in [1.165, 1.54) is 5.56 Å². The minimum Gasteiger partial charge on any atom is -0.454 e. The molecule has 8 nitrogen and oxygen atoms in total. The Kier molecular flexibility index (Phi) is 5.91. The van der Waals surface area contributed by atoms with Crippen molar-refractivity contribution in [3.63, 3.8) is 0 Å². The SMILES string of the molecule is CC[C@H](C)c1ccc(NC(=O)COC(=O)CN2C(=O)N[C@@](C)(C3CC3)C2=O)cc1. The second-order valence-corrected chi connectivity index (χ2v) is 7.94. The van der Waals surface area contributed by atoms with Gasteiger partial charge in [-0.2, -0.15) is 0 Å². The highest BCUT2D eigenvalue weighted by Crippen LogP contribution is 2.42. The Morgan fingerprint density at radius 1 is 1.28 bits per heavy atom. The molecule has 1 aromatic rings. The zero-order valence-electron chi connectivity index (χ0n) is 17.0. The molecule has 1 aliphatic heterocycles. The van der Waals surface area contributed by atoms with E-state index < -0.39 is 42.5 Å². The number of esters is 1. The van der Waals surface area contributed by atoms with Crippen LogP contribution in [0.1, 0.15) is 51.5 Å². The number of hydrogen-bond donors (Lipinski definition) is 2. The molecular formula is C21H27N3O5. The summed E-state index contributed by atoms with van der Waals surface area (Å²) in [6, 6.07) is 6.89. The minimum absolute atomic E-state index is 0.109. The van der Waals surface area contributed by atoms with Crippen molar-refractivity contribution in [1.82, 2.24) is 10.2 Å². The molecule has 156 valence electrons. The molecule has 2 aliphatic rings. The Balaban J connectivity index is 1.46. The first-order chi connectivity index (χ1) is 13.7. The molecule has 1 saturated heterocycles. The van der Waals surface area contributed by atoms with E-state index in [1.54, 1.807) is 19.1 Å². The lowest BCUT2D eigenvalue weighted by Crippen LogP contribution is -2.46. The van der Waals surface area contributed by atoms with Crippen molar-refractivity contribution in [3.8, 4) is 0 Å². The van der Waals surface area contributed by atoms with Gasteiger partial charge in [0.2, 0.25) is 0 Å². The quantitative estimate of drug-likeness (QED) is 0.514. The van der Waals surface area contributed by atoms with Crippen molar-refractivity contribution in [2.24, 2.45) is 5.92 Å². The van der Waals surface area contributed by atoms with Crippen LogP contribution in [-0.4, -0.2) is 47.4 Å². The first kappa shape index (κ1) is 20.8. The number of amides is 4. The summed E-state index contributed by atoms with van der Waals surface area (Å²) in [5.74, 6) is -1.18. The molecule has 1 aliphatic carbocycles. The number of anilines is 1. The number of carbonyl (C=O) groups excluding carboxylic acids is 4. The summed E-state index contributed by atoms with van der Waals surface area (Å²) in [5, 5.41) is 5.31. The van der Waals surface area contributed by atoms with Crippen molar-refractivity contribution in [1.29, 1.82) is 0 Å². The molecule has 8 heteroatoms. The number of imide groups is 1. The van der Waals surface area contributed by atoms with Crippen molar-refractivity contribution < 1.29 is 23.9 Å². The van der Waals surface area contributed by atoms with Crippen LogP contribution in [0.4, 0.5) is 10.5 Å². The van der Waals surface area contributed by atoms with Gasteiger partial charge in [0.15, 0.2) is 6.61 Å². The van der Waals surface area contributed by atoms with Gasteiger partial charge < -0.3 is 15.4 Å². The number of ether oxygens (including phenoxy) is 1. The van der Waals surface area contributed by atoms with Crippen LogP contribution in [0, 0.1) is 5.92 Å². The monoisotopic (exact) mass is 401 g/mol. The molecule has 1 heterocycles. The van der Waals surface area contributed by atoms with Crippen LogP contribution in [0.5, 0.6) is 0 Å². The summed E-state index contributed by atoms with van der Waals surface area (Å²) in [6.07, 6.45) is 2.78. The van der Waals surface area contributed by atoms with E-state index in [0.29, 0.717) is 11.6 Å². The van der Waals surface area contributed by atoms with Gasteiger partial charge in [-0.05, 0) is 55.7 Å². The molecule has 3 rings (SSSR count). The maximum absolute atomic E-state index is 12.5. The molecule has 1 aromatic carbocycles. The number of urea groups is 1. The summed E-state index contributed by atoms with van der Waals surface area (Å²) >= 11 is 0. The molecule has 0 unspecified atom stereocenters. The van der Waals surface area contributed by atoms with Gasteiger partial charge in [0.05, 0.1) is 0 Å². The van der Waals surface area contributed by atoms with Gasteiger partial charge in [-0.25, -0.2) is 4.79 Å². The third-order valence-electron chi connectivity index (χ3n) is 5.72. The van der Waals surface area contributed by atoms with E-state index >= 15 is 0 Å². The second-order valence-electron chi connectivity index (χ2n) is 7.94. The molecular weight excluding hydrogens is 374 g/mol. The van der Waals surface area contributed by atoms with E-state index in [0.717, 1.165) is 24.2 Å². The average Bonchev–Trinajstić information content (AvgIpc) is 3.52. The standard InChI is InChI=1S/C21H27N3O5/c1-4-13(2)14-5-9-16(10-6-14)22-17(25)12-29-18(26)11-24-19(27)21(3,15-7-8-15)23-20(24)28/h5-6,9-10,13,15H,4,7-8,11-12H2,1-3H3,(H,22,25)(H,23,28)/t13-,21-/m0/s1. The average molecular weight is 401 g/mol. The molecule has 2 fully saturated rings. The topological polar surface area (TPSA) is 105 Å². The van der Waals surface area contributed by atoms with Gasteiger partial charge >= 0.3 is 12.0 Å². The van der Waals surface area contributed by atoms with Gasteiger partial charge in [0.25, 0.3) is 11.8 Å². The van der Waals surface area contributed by atoms with Crippen molar-refractivity contribution >= 4 is 29.5 Å². The summed E-state index contributed by atoms with van der Waals surface area (Å²) in [5.41, 5.74) is 0.840. The van der Waals surface area contributed by atoms with Crippen molar-refractivity contribution in [2.45, 2.75) is 51.5 Å². The Morgan fingerprint density at radius 2 is 1.93 bits per heavy atom. The highest BCUT2D eigenvalue weighted by Gasteiger charge is 2.56. The van der Waals surface area contributed by atoms with Crippen molar-refractivity contribution in [3.05, 3.63) is 29.8 Å². The highest BCUT2D eigenvalue weighted by molar-refractivity contribution is 6.09. The smallest absolute Gasteiger partial charge is 0.326 e. The minimum atomic E-state index is -0.948. The van der Waals surface area contributed by atoms with Crippen LogP contribution in [-0.2, 0) is 19.1 Å². The van der Waals surface area contributed by atoms with Crippen LogP contribution in [0.15, 0.2) is 24.3 Å². The zero-order valence-corrected chi connectivity index (χ0v) is 17.0. The predicted octanol–water partition coefficient (Wildman–Crippen LogP) is 2.40. The predicted molar refractivity (Wildman–Crippen MR) is 106 cm³/mol. The molecule has 29 heavy (non-hydrogen) atoms. The lowest BCUT2D eigenvalue weighted by atomic mass is 9.96. The van der Waals surface area contributed by atoms with Crippen LogP contribution < -0.4 is 10.6 Å². The first-order valence-electron chi connectivity index (χ1n) is 9.94. The largest absolute Gasteiger partial charge is 0.454 e. The highest BCUT2D eigenvalue weighted by atomic mass is 16.5. The zero-order chi connectivity index (χ0) is 21.2. The fraction of sp³-hybridized carbons (Fsp3) is 0.524. The van der Waals surface area contributed by atoms with Crippen LogP contribution in [0.25, 0.3) is 0 Å². The normalized spacial score (nSPS) is 22.2. The number of hydrogen-bond acceptors (Lipinski definition) is 5. The van der Waals surface area contributed by atoms with Crippen LogP contribution in [0.2, 0.25) is 0 Å². The summed E-state index contributed by atoms with van der Waals surface area (Å²) in [7, 11) is 0. The van der Waals surface area contributed by atoms with Gasteiger partial charge in [0.1, 0.15) is 12.1 Å². The molecule has 2 N–H and O–H groups in total. The third kappa shape index (κ3) is 4.58. The number of carbonyl (C=O) groups is 4. The van der Waals surface area contributed by atoms with Gasteiger partial charge in [-0.1, -0.05) is 26.0 Å². The van der Waals surface area contributed by atoms with E-state index in [4.69, 9.17) is 4.74 Å². The summed E-state index contributed by atoms with van der Waals surface area (Å²) in [6.45, 7) is 4.92. The first-order valence-corrected chi connectivity index (χ1v) is 9.94. The fourth-order valence-corrected chi connectivity index (χ4v) is 3.45. The summed E-state index contributed by atoms with van der Waals surface area (Å²) in [4.78, 5) is 49.4. The lowest BCUT2D eigenvalue weighted by Gasteiger charge is -2.20. The Bertz CT molecular complexity index is 818. The van der Waals surface area contributed by atoms with Crippen molar-refractivity contribution in [2.75, 3.05) is 18.5 Å². The molecule has 0 spiro atoms. The Labute approximate surface area is 170 Å². The van der Waals surface area contributed by atoms with Gasteiger partial charge in [-0.3, -0.25) is 19.3 Å². The molecule has 4 amide bonds. The number of rotatable bonds is 8. The Morgan fingerprint density at radius 3 is 2.52 bits per heavy atom. The maximum Gasteiger partial charge on any atom is 0.326 e. The summed E-state index contributed by atoms with van der Waals surface area (Å²) < 4.78 is 4.93. The number of nitrogens with zero attached hydrogens (tertiary/aromatic N) is 1. The number of benzene rings is 1. The maximum atomic E-state index is 12.5. The van der Waals surface area contributed by atoms with E-state index in [1.807, 2.05) is 12.1 Å². The molecule has 0 radical (unpaired) electrons. The van der Waals surface area contributed by atoms with E-state index in [2.05, 4.69) is 24.5 Å². The van der Waals surface area contributed by atoms with E-state index in [9.17, 15) is 19.2 Å².